The molecule has 1 N–H and O–H groups in total. The van der Waals surface area contributed by atoms with Crippen molar-refractivity contribution in [2.45, 2.75) is 19.6 Å². The first-order valence-corrected chi connectivity index (χ1v) is 7.36. The third-order valence-corrected chi connectivity index (χ3v) is 4.06. The lowest BCUT2D eigenvalue weighted by atomic mass is 9.96. The molecule has 4 nitrogen and oxygen atoms in total. The molecule has 3 rings (SSSR count). The first-order valence-electron chi connectivity index (χ1n) is 7.36. The van der Waals surface area contributed by atoms with E-state index >= 15 is 0 Å². The molecule has 1 aliphatic rings. The molecule has 0 atom stereocenters. The van der Waals surface area contributed by atoms with Gasteiger partial charge in [-0.25, -0.2) is 0 Å². The number of carbonyl (C=O) groups excluding carboxylic acids is 1. The van der Waals surface area contributed by atoms with Gasteiger partial charge in [-0.15, -0.1) is 0 Å². The quantitative estimate of drug-likeness (QED) is 0.942. The molecule has 0 radical (unpaired) electrons. The number of aliphatic hydroxyl groups excluding tert-OH is 1. The Morgan fingerprint density at radius 1 is 1.14 bits per heavy atom. The van der Waals surface area contributed by atoms with Gasteiger partial charge in [-0.3, -0.25) is 4.79 Å². The van der Waals surface area contributed by atoms with Crippen LogP contribution in [0.4, 0.5) is 0 Å². The third-order valence-electron chi connectivity index (χ3n) is 4.06. The monoisotopic (exact) mass is 297 g/mol. The Hall–Kier alpha value is -2.33. The van der Waals surface area contributed by atoms with Crippen molar-refractivity contribution < 1.29 is 14.6 Å². The molecular formula is C18H19NO3. The van der Waals surface area contributed by atoms with Crippen LogP contribution >= 0.6 is 0 Å². The second kappa shape index (κ2) is 6.20. The molecule has 1 amide bonds. The Morgan fingerprint density at radius 2 is 1.86 bits per heavy atom. The summed E-state index contributed by atoms with van der Waals surface area (Å²) in [5.74, 6) is 0.846. The number of amides is 1. The van der Waals surface area contributed by atoms with Gasteiger partial charge in [-0.2, -0.15) is 0 Å². The highest BCUT2D eigenvalue weighted by Crippen LogP contribution is 2.22. The molecule has 2 aromatic rings. The Morgan fingerprint density at radius 3 is 2.55 bits per heavy atom. The highest BCUT2D eigenvalue weighted by molar-refractivity contribution is 5.96. The molecule has 2 aromatic carbocycles. The number of carbonyl (C=O) groups is 1. The SMILES string of the molecule is COc1ccc(CN2CCc3ccc(CO)cc3C2=O)cc1. The van der Waals surface area contributed by atoms with Crippen LogP contribution < -0.4 is 4.74 Å². The molecule has 0 aromatic heterocycles. The minimum atomic E-state index is -0.0426. The van der Waals surface area contributed by atoms with E-state index in [1.807, 2.05) is 41.3 Å². The third kappa shape index (κ3) is 2.83. The smallest absolute Gasteiger partial charge is 0.254 e. The van der Waals surface area contributed by atoms with Crippen LogP contribution in [0.5, 0.6) is 5.75 Å². The Kier molecular flexibility index (Phi) is 4.11. The lowest BCUT2D eigenvalue weighted by Gasteiger charge is -2.29. The number of hydrogen-bond donors (Lipinski definition) is 1. The number of ether oxygens (including phenoxy) is 1. The first-order chi connectivity index (χ1) is 10.7. The van der Waals surface area contributed by atoms with Gasteiger partial charge < -0.3 is 14.7 Å². The molecule has 0 saturated heterocycles. The van der Waals surface area contributed by atoms with E-state index in [-0.39, 0.29) is 12.5 Å². The van der Waals surface area contributed by atoms with Crippen molar-refractivity contribution in [1.29, 1.82) is 0 Å². The zero-order chi connectivity index (χ0) is 15.5. The van der Waals surface area contributed by atoms with Crippen molar-refractivity contribution >= 4 is 5.91 Å². The minimum absolute atomic E-state index is 0.0346. The van der Waals surface area contributed by atoms with E-state index in [4.69, 9.17) is 4.74 Å². The topological polar surface area (TPSA) is 49.8 Å². The fraction of sp³-hybridized carbons (Fsp3) is 0.278. The van der Waals surface area contributed by atoms with Gasteiger partial charge in [0.2, 0.25) is 0 Å². The van der Waals surface area contributed by atoms with Crippen LogP contribution in [0.15, 0.2) is 42.5 Å². The Bertz CT molecular complexity index is 679. The molecule has 114 valence electrons. The standard InChI is InChI=1S/C18H19NO3/c1-22-16-6-3-13(4-7-16)11-19-9-8-15-5-2-14(12-20)10-17(15)18(19)21/h2-7,10,20H,8-9,11-12H2,1H3. The number of benzene rings is 2. The zero-order valence-electron chi connectivity index (χ0n) is 12.6. The molecule has 0 bridgehead atoms. The second-order valence-corrected chi connectivity index (χ2v) is 5.47. The predicted molar refractivity (Wildman–Crippen MR) is 83.8 cm³/mol. The van der Waals surface area contributed by atoms with Gasteiger partial charge in [-0.1, -0.05) is 24.3 Å². The summed E-state index contributed by atoms with van der Waals surface area (Å²) in [7, 11) is 1.64. The number of rotatable bonds is 4. The summed E-state index contributed by atoms with van der Waals surface area (Å²) < 4.78 is 5.15. The summed E-state index contributed by atoms with van der Waals surface area (Å²) in [5.41, 5.74) is 3.63. The highest BCUT2D eigenvalue weighted by atomic mass is 16.5. The van der Waals surface area contributed by atoms with Crippen molar-refractivity contribution in [2.24, 2.45) is 0 Å². The largest absolute Gasteiger partial charge is 0.497 e. The van der Waals surface area contributed by atoms with Crippen LogP contribution in [0.2, 0.25) is 0 Å². The zero-order valence-corrected chi connectivity index (χ0v) is 12.6. The second-order valence-electron chi connectivity index (χ2n) is 5.47. The van der Waals surface area contributed by atoms with Crippen LogP contribution in [0.3, 0.4) is 0 Å². The number of methoxy groups -OCH3 is 1. The summed E-state index contributed by atoms with van der Waals surface area (Å²) in [4.78, 5) is 14.5. The summed E-state index contributed by atoms with van der Waals surface area (Å²) >= 11 is 0. The predicted octanol–water partition coefficient (Wildman–Crippen LogP) is 2.39. The molecule has 0 fully saturated rings. The summed E-state index contributed by atoms with van der Waals surface area (Å²) in [6.45, 7) is 1.26. The number of hydrogen-bond acceptors (Lipinski definition) is 3. The van der Waals surface area contributed by atoms with Gasteiger partial charge in [0, 0.05) is 18.7 Å². The molecule has 0 spiro atoms. The van der Waals surface area contributed by atoms with E-state index in [9.17, 15) is 9.90 Å². The first kappa shape index (κ1) is 14.6. The molecule has 0 saturated carbocycles. The van der Waals surface area contributed by atoms with Gasteiger partial charge in [0.25, 0.3) is 5.91 Å². The van der Waals surface area contributed by atoms with E-state index in [2.05, 4.69) is 0 Å². The molecule has 4 heteroatoms. The summed E-state index contributed by atoms with van der Waals surface area (Å²) in [6, 6.07) is 13.4. The van der Waals surface area contributed by atoms with Crippen molar-refractivity contribution in [1.82, 2.24) is 4.90 Å². The van der Waals surface area contributed by atoms with E-state index < -0.39 is 0 Å². The molecule has 0 aliphatic carbocycles. The van der Waals surface area contributed by atoms with Gasteiger partial charge >= 0.3 is 0 Å². The van der Waals surface area contributed by atoms with Crippen LogP contribution in [0, 0.1) is 0 Å². The lowest BCUT2D eigenvalue weighted by Crippen LogP contribution is -2.37. The summed E-state index contributed by atoms with van der Waals surface area (Å²) in [6.07, 6.45) is 0.850. The van der Waals surface area contributed by atoms with E-state index in [0.717, 1.165) is 35.4 Å². The fourth-order valence-electron chi connectivity index (χ4n) is 2.77. The maximum Gasteiger partial charge on any atom is 0.254 e. The fourth-order valence-corrected chi connectivity index (χ4v) is 2.77. The Balaban J connectivity index is 1.79. The normalized spacial score (nSPS) is 13.9. The molecule has 0 unspecified atom stereocenters. The lowest BCUT2D eigenvalue weighted by molar-refractivity contribution is 0.0727. The molecular weight excluding hydrogens is 278 g/mol. The summed E-state index contributed by atoms with van der Waals surface area (Å²) in [5, 5.41) is 9.24. The molecule has 1 heterocycles. The van der Waals surface area contributed by atoms with Crippen molar-refractivity contribution in [3.05, 3.63) is 64.7 Å². The van der Waals surface area contributed by atoms with Crippen LogP contribution in [0.1, 0.15) is 27.0 Å². The van der Waals surface area contributed by atoms with Gasteiger partial charge in [0.05, 0.1) is 13.7 Å². The van der Waals surface area contributed by atoms with Crippen molar-refractivity contribution in [2.75, 3.05) is 13.7 Å². The van der Waals surface area contributed by atoms with Gasteiger partial charge in [0.15, 0.2) is 0 Å². The van der Waals surface area contributed by atoms with Crippen molar-refractivity contribution in [3.63, 3.8) is 0 Å². The van der Waals surface area contributed by atoms with E-state index in [1.54, 1.807) is 13.2 Å². The van der Waals surface area contributed by atoms with Crippen LogP contribution in [0.25, 0.3) is 0 Å². The van der Waals surface area contributed by atoms with Crippen molar-refractivity contribution in [3.8, 4) is 5.75 Å². The average Bonchev–Trinajstić information content (AvgIpc) is 2.58. The molecule has 22 heavy (non-hydrogen) atoms. The van der Waals surface area contributed by atoms with Gasteiger partial charge in [0.1, 0.15) is 5.75 Å². The maximum atomic E-state index is 12.6. The van der Waals surface area contributed by atoms with E-state index in [0.29, 0.717) is 12.1 Å². The maximum absolute atomic E-state index is 12.6. The number of aliphatic hydroxyl groups is 1. The van der Waals surface area contributed by atoms with E-state index in [1.165, 1.54) is 0 Å². The van der Waals surface area contributed by atoms with Crippen LogP contribution in [-0.4, -0.2) is 29.6 Å². The van der Waals surface area contributed by atoms with Crippen LogP contribution in [-0.2, 0) is 19.6 Å². The number of nitrogens with zero attached hydrogens (tertiary/aromatic N) is 1. The Labute approximate surface area is 130 Å². The highest BCUT2D eigenvalue weighted by Gasteiger charge is 2.24. The minimum Gasteiger partial charge on any atom is -0.497 e. The average molecular weight is 297 g/mol. The number of fused-ring (bicyclic) bond motifs is 1. The van der Waals surface area contributed by atoms with Gasteiger partial charge in [-0.05, 0) is 41.3 Å². The molecule has 1 aliphatic heterocycles.